The van der Waals surface area contributed by atoms with Gasteiger partial charge >= 0.3 is 6.03 Å². The average molecular weight is 309 g/mol. The maximum atomic E-state index is 12.5. The van der Waals surface area contributed by atoms with E-state index in [2.05, 4.69) is 20.8 Å². The third-order valence-corrected chi connectivity index (χ3v) is 4.24. The molecule has 2 heterocycles. The summed E-state index contributed by atoms with van der Waals surface area (Å²) in [5, 5.41) is 9.74. The molecule has 1 fully saturated rings. The Hall–Kier alpha value is -1.96. The summed E-state index contributed by atoms with van der Waals surface area (Å²) in [6.45, 7) is 5.78. The molecule has 2 N–H and O–H groups in total. The largest absolute Gasteiger partial charge is 0.337 e. The zero-order valence-corrected chi connectivity index (χ0v) is 13.5. The van der Waals surface area contributed by atoms with Crippen molar-refractivity contribution in [1.29, 1.82) is 0 Å². The van der Waals surface area contributed by atoms with E-state index in [1.165, 1.54) is 0 Å². The van der Waals surface area contributed by atoms with Gasteiger partial charge < -0.3 is 15.2 Å². The quantitative estimate of drug-likeness (QED) is 0.724. The van der Waals surface area contributed by atoms with Crippen LogP contribution in [-0.2, 0) is 17.8 Å². The lowest BCUT2D eigenvalue weighted by Crippen LogP contribution is -2.45. The molecule has 0 aromatic carbocycles. The lowest BCUT2D eigenvalue weighted by Gasteiger charge is -2.22. The summed E-state index contributed by atoms with van der Waals surface area (Å²) in [4.78, 5) is 29.9. The Morgan fingerprint density at radius 1 is 1.36 bits per heavy atom. The maximum absolute atomic E-state index is 12.5. The Balaban J connectivity index is 2.08. The van der Waals surface area contributed by atoms with Crippen LogP contribution >= 0.6 is 0 Å². The number of carbonyl (C=O) groups excluding carboxylic acids is 2. The van der Waals surface area contributed by atoms with Crippen molar-refractivity contribution in [3.05, 3.63) is 11.7 Å². The maximum Gasteiger partial charge on any atom is 0.325 e. The van der Waals surface area contributed by atoms with Crippen molar-refractivity contribution in [2.45, 2.75) is 58.2 Å². The molecule has 8 nitrogen and oxygen atoms in total. The van der Waals surface area contributed by atoms with Crippen molar-refractivity contribution in [1.82, 2.24) is 25.7 Å². The molecule has 1 aromatic rings. The fourth-order valence-electron chi connectivity index (χ4n) is 2.50. The van der Waals surface area contributed by atoms with Gasteiger partial charge in [0.25, 0.3) is 5.91 Å². The number of urea groups is 1. The SMILES string of the molecule is CCC1(CC)NC(=O)N(Cc2nc(CC(C)NC)no2)C1=O. The fourth-order valence-corrected chi connectivity index (χ4v) is 2.50. The molecule has 0 saturated carbocycles. The molecule has 1 aliphatic heterocycles. The number of hydrogen-bond acceptors (Lipinski definition) is 6. The van der Waals surface area contributed by atoms with Gasteiger partial charge in [-0.1, -0.05) is 19.0 Å². The number of nitrogens with zero attached hydrogens (tertiary/aromatic N) is 3. The number of likely N-dealkylation sites (N-methyl/N-ethyl adjacent to an activating group) is 1. The van der Waals surface area contributed by atoms with Crippen LogP contribution in [-0.4, -0.2) is 45.6 Å². The van der Waals surface area contributed by atoms with Gasteiger partial charge in [-0.15, -0.1) is 0 Å². The van der Waals surface area contributed by atoms with E-state index in [9.17, 15) is 9.59 Å². The Kier molecular flexibility index (Phi) is 4.80. The molecule has 1 aliphatic rings. The first-order chi connectivity index (χ1) is 10.5. The Morgan fingerprint density at radius 3 is 2.59 bits per heavy atom. The number of hydrogen-bond donors (Lipinski definition) is 2. The van der Waals surface area contributed by atoms with E-state index < -0.39 is 11.6 Å². The van der Waals surface area contributed by atoms with E-state index in [1.54, 1.807) is 0 Å². The number of nitrogens with one attached hydrogen (secondary N) is 2. The molecule has 1 atom stereocenters. The third-order valence-electron chi connectivity index (χ3n) is 4.24. The first-order valence-electron chi connectivity index (χ1n) is 7.58. The molecule has 0 aliphatic carbocycles. The summed E-state index contributed by atoms with van der Waals surface area (Å²) < 4.78 is 5.14. The van der Waals surface area contributed by atoms with E-state index in [1.807, 2.05) is 27.8 Å². The van der Waals surface area contributed by atoms with Crippen molar-refractivity contribution in [3.8, 4) is 0 Å². The van der Waals surface area contributed by atoms with E-state index in [0.29, 0.717) is 25.1 Å². The number of rotatable bonds is 7. The van der Waals surface area contributed by atoms with Gasteiger partial charge in [0, 0.05) is 12.5 Å². The standard InChI is InChI=1S/C14H23N5O3/c1-5-14(6-2)12(20)19(13(21)17-14)8-11-16-10(18-22-11)7-9(3)15-4/h9,15H,5-8H2,1-4H3,(H,17,21). The van der Waals surface area contributed by atoms with Gasteiger partial charge in [0.15, 0.2) is 5.82 Å². The van der Waals surface area contributed by atoms with E-state index in [4.69, 9.17) is 4.52 Å². The van der Waals surface area contributed by atoms with E-state index in [0.717, 1.165) is 4.90 Å². The van der Waals surface area contributed by atoms with E-state index in [-0.39, 0.29) is 24.4 Å². The van der Waals surface area contributed by atoms with Gasteiger partial charge in [0.2, 0.25) is 5.89 Å². The summed E-state index contributed by atoms with van der Waals surface area (Å²) >= 11 is 0. The van der Waals surface area contributed by atoms with Gasteiger partial charge in [0.05, 0.1) is 0 Å². The van der Waals surface area contributed by atoms with Crippen molar-refractivity contribution in [2.75, 3.05) is 7.05 Å². The normalized spacial score (nSPS) is 18.6. The number of amides is 3. The molecule has 0 spiro atoms. The molecule has 8 heteroatoms. The second-order valence-electron chi connectivity index (χ2n) is 5.61. The van der Waals surface area contributed by atoms with E-state index >= 15 is 0 Å². The summed E-state index contributed by atoms with van der Waals surface area (Å²) in [5.74, 6) is 0.594. The molecular weight excluding hydrogens is 286 g/mol. The topological polar surface area (TPSA) is 100 Å². The van der Waals surface area contributed by atoms with Crippen LogP contribution in [0.3, 0.4) is 0 Å². The molecule has 0 radical (unpaired) electrons. The van der Waals surface area contributed by atoms with Crippen molar-refractivity contribution in [2.24, 2.45) is 0 Å². The van der Waals surface area contributed by atoms with Crippen LogP contribution in [0, 0.1) is 0 Å². The zero-order chi connectivity index (χ0) is 16.3. The number of carbonyl (C=O) groups is 2. The predicted octanol–water partition coefficient (Wildman–Crippen LogP) is 0.831. The molecule has 22 heavy (non-hydrogen) atoms. The van der Waals surface area contributed by atoms with Gasteiger partial charge in [0.1, 0.15) is 12.1 Å². The summed E-state index contributed by atoms with van der Waals surface area (Å²) in [5.41, 5.74) is -0.805. The minimum absolute atomic E-state index is 0.00729. The first-order valence-corrected chi connectivity index (χ1v) is 7.58. The average Bonchev–Trinajstić information content (AvgIpc) is 3.05. The predicted molar refractivity (Wildman–Crippen MR) is 78.9 cm³/mol. The highest BCUT2D eigenvalue weighted by Crippen LogP contribution is 2.25. The summed E-state index contributed by atoms with van der Waals surface area (Å²) in [6.07, 6.45) is 1.73. The highest BCUT2D eigenvalue weighted by Gasteiger charge is 2.49. The molecule has 0 bridgehead atoms. The second-order valence-corrected chi connectivity index (χ2v) is 5.61. The minimum Gasteiger partial charge on any atom is -0.337 e. The molecular formula is C14H23N5O3. The number of imide groups is 1. The van der Waals surface area contributed by atoms with Crippen molar-refractivity contribution in [3.63, 3.8) is 0 Å². The minimum atomic E-state index is -0.805. The summed E-state index contributed by atoms with van der Waals surface area (Å²) in [6, 6.07) is -0.188. The first kappa shape index (κ1) is 16.4. The van der Waals surface area contributed by atoms with Crippen LogP contribution in [0.5, 0.6) is 0 Å². The molecule has 3 amide bonds. The zero-order valence-electron chi connectivity index (χ0n) is 13.5. The van der Waals surface area contributed by atoms with Gasteiger partial charge in [-0.3, -0.25) is 9.69 Å². The van der Waals surface area contributed by atoms with Crippen molar-refractivity contribution >= 4 is 11.9 Å². The smallest absolute Gasteiger partial charge is 0.325 e. The molecule has 1 aromatic heterocycles. The molecule has 1 unspecified atom stereocenters. The molecule has 122 valence electrons. The Bertz CT molecular complexity index is 552. The Morgan fingerprint density at radius 2 is 2.05 bits per heavy atom. The van der Waals surface area contributed by atoms with Crippen LogP contribution < -0.4 is 10.6 Å². The fraction of sp³-hybridized carbons (Fsp3) is 0.714. The third kappa shape index (κ3) is 2.96. The second kappa shape index (κ2) is 6.43. The van der Waals surface area contributed by atoms with Crippen LogP contribution in [0.25, 0.3) is 0 Å². The number of aromatic nitrogens is 2. The van der Waals surface area contributed by atoms with Crippen LogP contribution in [0.2, 0.25) is 0 Å². The van der Waals surface area contributed by atoms with Crippen LogP contribution in [0.15, 0.2) is 4.52 Å². The van der Waals surface area contributed by atoms with Crippen LogP contribution in [0.4, 0.5) is 4.79 Å². The lowest BCUT2D eigenvalue weighted by atomic mass is 9.93. The molecule has 2 rings (SSSR count). The summed E-state index contributed by atoms with van der Waals surface area (Å²) in [7, 11) is 1.86. The monoisotopic (exact) mass is 309 g/mol. The van der Waals surface area contributed by atoms with Gasteiger partial charge in [-0.2, -0.15) is 4.98 Å². The lowest BCUT2D eigenvalue weighted by molar-refractivity contribution is -0.132. The molecule has 1 saturated heterocycles. The van der Waals surface area contributed by atoms with Crippen molar-refractivity contribution < 1.29 is 14.1 Å². The Labute approximate surface area is 129 Å². The van der Waals surface area contributed by atoms with Gasteiger partial charge in [-0.25, -0.2) is 4.79 Å². The van der Waals surface area contributed by atoms with Gasteiger partial charge in [-0.05, 0) is 26.8 Å². The van der Waals surface area contributed by atoms with Crippen LogP contribution in [0.1, 0.15) is 45.3 Å². The highest BCUT2D eigenvalue weighted by molar-refractivity contribution is 6.06. The highest BCUT2D eigenvalue weighted by atomic mass is 16.5.